The van der Waals surface area contributed by atoms with E-state index < -0.39 is 18.0 Å². The van der Waals surface area contributed by atoms with Crippen LogP contribution >= 0.6 is 11.3 Å². The SMILES string of the molecule is CCCOc1ccc(/C=c2/sc3n(c2=O)[C@@H](c2ccc(OC(C)=O)c(OC)c2)C(C(=O)OCC(C)C)=C(C)N=3)cc1. The van der Waals surface area contributed by atoms with Crippen molar-refractivity contribution >= 4 is 29.4 Å². The molecule has 0 saturated carbocycles. The fourth-order valence-corrected chi connectivity index (χ4v) is 5.39. The maximum Gasteiger partial charge on any atom is 0.338 e. The van der Waals surface area contributed by atoms with Crippen LogP contribution in [0.15, 0.2) is 63.5 Å². The average Bonchev–Trinajstić information content (AvgIpc) is 3.24. The number of benzene rings is 2. The molecule has 10 heteroatoms. The predicted octanol–water partition coefficient (Wildman–Crippen LogP) is 4.16. The Morgan fingerprint density at radius 3 is 2.49 bits per heavy atom. The first-order valence-corrected chi connectivity index (χ1v) is 14.2. The zero-order chi connectivity index (χ0) is 29.7. The van der Waals surface area contributed by atoms with Gasteiger partial charge in [0, 0.05) is 6.92 Å². The van der Waals surface area contributed by atoms with Gasteiger partial charge in [0.05, 0.1) is 42.2 Å². The molecule has 9 nitrogen and oxygen atoms in total. The lowest BCUT2D eigenvalue weighted by atomic mass is 9.95. The van der Waals surface area contributed by atoms with Crippen LogP contribution in [0.4, 0.5) is 0 Å². The van der Waals surface area contributed by atoms with Crippen molar-refractivity contribution in [3.63, 3.8) is 0 Å². The molecule has 0 amide bonds. The lowest BCUT2D eigenvalue weighted by Gasteiger charge is -2.25. The molecule has 2 heterocycles. The zero-order valence-corrected chi connectivity index (χ0v) is 24.9. The minimum Gasteiger partial charge on any atom is -0.494 e. The highest BCUT2D eigenvalue weighted by Crippen LogP contribution is 2.36. The van der Waals surface area contributed by atoms with Gasteiger partial charge < -0.3 is 18.9 Å². The quantitative estimate of drug-likeness (QED) is 0.263. The molecule has 0 unspecified atom stereocenters. The van der Waals surface area contributed by atoms with E-state index in [1.807, 2.05) is 45.0 Å². The number of hydrogen-bond acceptors (Lipinski definition) is 9. The van der Waals surface area contributed by atoms with Gasteiger partial charge in [-0.2, -0.15) is 0 Å². The highest BCUT2D eigenvalue weighted by molar-refractivity contribution is 7.07. The van der Waals surface area contributed by atoms with Crippen LogP contribution < -0.4 is 29.1 Å². The molecule has 0 N–H and O–H groups in total. The fourth-order valence-electron chi connectivity index (χ4n) is 4.34. The number of esters is 2. The van der Waals surface area contributed by atoms with Gasteiger partial charge in [-0.3, -0.25) is 14.2 Å². The van der Waals surface area contributed by atoms with Gasteiger partial charge in [0.25, 0.3) is 5.56 Å². The number of rotatable bonds is 10. The number of carbonyl (C=O) groups excluding carboxylic acids is 2. The smallest absolute Gasteiger partial charge is 0.338 e. The predicted molar refractivity (Wildman–Crippen MR) is 156 cm³/mol. The fraction of sp³-hybridized carbons (Fsp3) is 0.355. The van der Waals surface area contributed by atoms with Crippen LogP contribution in [0.3, 0.4) is 0 Å². The van der Waals surface area contributed by atoms with Crippen molar-refractivity contribution in [2.75, 3.05) is 20.3 Å². The molecule has 0 radical (unpaired) electrons. The van der Waals surface area contributed by atoms with Crippen LogP contribution in [0, 0.1) is 5.92 Å². The van der Waals surface area contributed by atoms with E-state index in [1.165, 1.54) is 29.9 Å². The van der Waals surface area contributed by atoms with Gasteiger partial charge in [0.15, 0.2) is 16.3 Å². The molecular formula is C31H34N2O7S. The number of hydrogen-bond donors (Lipinski definition) is 0. The Kier molecular flexibility index (Phi) is 9.44. The van der Waals surface area contributed by atoms with Gasteiger partial charge >= 0.3 is 11.9 Å². The molecule has 0 aliphatic carbocycles. The molecule has 1 atom stereocenters. The average molecular weight is 579 g/mol. The van der Waals surface area contributed by atoms with Crippen LogP contribution in [-0.4, -0.2) is 36.8 Å². The third-order valence-electron chi connectivity index (χ3n) is 6.20. The van der Waals surface area contributed by atoms with Crippen molar-refractivity contribution < 1.29 is 28.5 Å². The van der Waals surface area contributed by atoms with Crippen LogP contribution in [-0.2, 0) is 14.3 Å². The molecule has 0 spiro atoms. The summed E-state index contributed by atoms with van der Waals surface area (Å²) in [6.07, 6.45) is 2.71. The van der Waals surface area contributed by atoms with Crippen molar-refractivity contribution in [1.29, 1.82) is 0 Å². The highest BCUT2D eigenvalue weighted by Gasteiger charge is 2.34. The van der Waals surface area contributed by atoms with Crippen LogP contribution in [0.25, 0.3) is 6.08 Å². The number of thiazole rings is 1. The maximum atomic E-state index is 13.9. The summed E-state index contributed by atoms with van der Waals surface area (Å²) in [6, 6.07) is 11.6. The number of carbonyl (C=O) groups is 2. The molecule has 216 valence electrons. The van der Waals surface area contributed by atoms with E-state index in [0.717, 1.165) is 17.7 Å². The summed E-state index contributed by atoms with van der Waals surface area (Å²) in [6.45, 7) is 9.82. The molecule has 1 aliphatic heterocycles. The number of fused-ring (bicyclic) bond motifs is 1. The van der Waals surface area contributed by atoms with Gasteiger partial charge in [-0.1, -0.05) is 50.3 Å². The van der Waals surface area contributed by atoms with E-state index in [0.29, 0.717) is 27.2 Å². The molecule has 2 aromatic carbocycles. The van der Waals surface area contributed by atoms with E-state index in [2.05, 4.69) is 4.99 Å². The molecule has 3 aromatic rings. The molecule has 0 fully saturated rings. The van der Waals surface area contributed by atoms with Crippen molar-refractivity contribution in [2.45, 2.75) is 47.1 Å². The summed E-state index contributed by atoms with van der Waals surface area (Å²) in [4.78, 5) is 44.0. The molecule has 1 aliphatic rings. The largest absolute Gasteiger partial charge is 0.494 e. The van der Waals surface area contributed by atoms with E-state index in [9.17, 15) is 14.4 Å². The van der Waals surface area contributed by atoms with Crippen LogP contribution in [0.2, 0.25) is 0 Å². The Labute approximate surface area is 242 Å². The lowest BCUT2D eigenvalue weighted by molar-refractivity contribution is -0.140. The van der Waals surface area contributed by atoms with E-state index in [-0.39, 0.29) is 35.2 Å². The third kappa shape index (κ3) is 6.77. The second kappa shape index (κ2) is 13.0. The summed E-state index contributed by atoms with van der Waals surface area (Å²) >= 11 is 1.24. The Hall–Kier alpha value is -4.18. The Morgan fingerprint density at radius 2 is 1.85 bits per heavy atom. The highest BCUT2D eigenvalue weighted by atomic mass is 32.1. The van der Waals surface area contributed by atoms with Crippen LogP contribution in [0.5, 0.6) is 17.2 Å². The number of ether oxygens (including phenoxy) is 4. The minimum atomic E-state index is -0.835. The zero-order valence-electron chi connectivity index (χ0n) is 24.1. The molecule has 1 aromatic heterocycles. The molecular weight excluding hydrogens is 544 g/mol. The number of allylic oxidation sites excluding steroid dienone is 1. The second-order valence-electron chi connectivity index (χ2n) is 10.00. The van der Waals surface area contributed by atoms with Crippen molar-refractivity contribution in [3.05, 3.63) is 84.5 Å². The molecule has 0 saturated heterocycles. The molecule has 4 rings (SSSR count). The number of aromatic nitrogens is 1. The van der Waals surface area contributed by atoms with Crippen LogP contribution in [0.1, 0.15) is 58.2 Å². The summed E-state index contributed by atoms with van der Waals surface area (Å²) in [7, 11) is 1.45. The van der Waals surface area contributed by atoms with Gasteiger partial charge in [0.1, 0.15) is 5.75 Å². The molecule has 0 bridgehead atoms. The van der Waals surface area contributed by atoms with E-state index in [4.69, 9.17) is 18.9 Å². The van der Waals surface area contributed by atoms with Crippen molar-refractivity contribution in [2.24, 2.45) is 10.9 Å². The second-order valence-corrected chi connectivity index (χ2v) is 11.0. The summed E-state index contributed by atoms with van der Waals surface area (Å²) in [5.74, 6) is 0.354. The van der Waals surface area contributed by atoms with E-state index in [1.54, 1.807) is 31.2 Å². The summed E-state index contributed by atoms with van der Waals surface area (Å²) < 4.78 is 24.0. The Morgan fingerprint density at radius 1 is 1.12 bits per heavy atom. The number of nitrogens with zero attached hydrogens (tertiary/aromatic N) is 2. The first-order chi connectivity index (χ1) is 19.6. The van der Waals surface area contributed by atoms with Gasteiger partial charge in [-0.05, 0) is 60.7 Å². The standard InChI is InChI=1S/C31H34N2O7S/c1-7-14-38-23-11-8-21(9-12-23)15-26-29(35)33-28(22-10-13-24(40-20(5)34)25(16-22)37-6)27(19(4)32-31(33)41-26)30(36)39-17-18(2)3/h8-13,15-16,18,28H,7,14,17H2,1-6H3/b26-15+/t28-/m0/s1. The van der Waals surface area contributed by atoms with Gasteiger partial charge in [-0.15, -0.1) is 0 Å². The van der Waals surface area contributed by atoms with Gasteiger partial charge in [-0.25, -0.2) is 9.79 Å². The Bertz CT molecular complexity index is 1650. The lowest BCUT2D eigenvalue weighted by Crippen LogP contribution is -2.40. The van der Waals surface area contributed by atoms with Crippen molar-refractivity contribution in [3.8, 4) is 17.2 Å². The van der Waals surface area contributed by atoms with Crippen molar-refractivity contribution in [1.82, 2.24) is 4.57 Å². The summed E-state index contributed by atoms with van der Waals surface area (Å²) in [5, 5.41) is 0. The number of methoxy groups -OCH3 is 1. The van der Waals surface area contributed by atoms with E-state index >= 15 is 0 Å². The monoisotopic (exact) mass is 578 g/mol. The van der Waals surface area contributed by atoms with Gasteiger partial charge in [0.2, 0.25) is 0 Å². The normalized spacial score (nSPS) is 14.9. The third-order valence-corrected chi connectivity index (χ3v) is 7.18. The molecule has 41 heavy (non-hydrogen) atoms. The summed E-state index contributed by atoms with van der Waals surface area (Å²) in [5.41, 5.74) is 1.82. The topological polar surface area (TPSA) is 105 Å². The Balaban J connectivity index is 1.85. The maximum absolute atomic E-state index is 13.9. The first kappa shape index (κ1) is 29.8. The first-order valence-electron chi connectivity index (χ1n) is 13.4. The minimum absolute atomic E-state index is 0.126.